The molecule has 5 nitrogen and oxygen atoms in total. The maximum absolute atomic E-state index is 11.9. The molecule has 2 rings (SSSR count). The molecule has 1 aromatic rings. The van der Waals surface area contributed by atoms with Gasteiger partial charge in [0.25, 0.3) is 0 Å². The molecular weight excluding hydrogens is 244 g/mol. The maximum Gasteiger partial charge on any atom is 0.312 e. The Hall–Kier alpha value is -2.17. The number of likely N-dealkylation sites (N-methyl/N-ethyl adjacent to an activating group) is 1. The fraction of sp³-hybridized carbons (Fsp3) is 0.357. The Kier molecular flexibility index (Phi) is 3.94. The fourth-order valence-corrected chi connectivity index (χ4v) is 1.99. The van der Waals surface area contributed by atoms with Gasteiger partial charge in [0.05, 0.1) is 0 Å². The van der Waals surface area contributed by atoms with E-state index in [4.69, 9.17) is 0 Å². The minimum absolute atomic E-state index is 0.0141. The van der Waals surface area contributed by atoms with E-state index in [0.717, 1.165) is 0 Å². The van der Waals surface area contributed by atoms with Crippen LogP contribution in [-0.4, -0.2) is 54.1 Å². The number of hydrogen-bond acceptors (Lipinski definition) is 3. The number of benzene rings is 1. The van der Waals surface area contributed by atoms with Crippen LogP contribution in [0.1, 0.15) is 16.8 Å². The number of piperazine rings is 1. The largest absolute Gasteiger partial charge is 0.336 e. The summed E-state index contributed by atoms with van der Waals surface area (Å²) in [6, 6.07) is 8.95. The van der Waals surface area contributed by atoms with Crippen LogP contribution in [0.5, 0.6) is 0 Å². The molecule has 1 aromatic carbocycles. The Balaban J connectivity index is 1.91. The Morgan fingerprint density at radius 1 is 1.11 bits per heavy atom. The molecule has 1 aliphatic heterocycles. The van der Waals surface area contributed by atoms with Gasteiger partial charge in [0.1, 0.15) is 0 Å². The number of Topliss-reactive ketones (excluding diaryl/α,β-unsaturated/α-hetero) is 1. The second-order valence-electron chi connectivity index (χ2n) is 4.56. The summed E-state index contributed by atoms with van der Waals surface area (Å²) in [6.45, 7) is 1.30. The summed E-state index contributed by atoms with van der Waals surface area (Å²) in [7, 11) is 1.60. The number of rotatable bonds is 4. The van der Waals surface area contributed by atoms with Crippen molar-refractivity contribution >= 4 is 17.6 Å². The van der Waals surface area contributed by atoms with E-state index in [1.54, 1.807) is 31.3 Å². The van der Waals surface area contributed by atoms with Gasteiger partial charge < -0.3 is 9.80 Å². The van der Waals surface area contributed by atoms with Gasteiger partial charge in [0.2, 0.25) is 0 Å². The third-order valence-corrected chi connectivity index (χ3v) is 3.23. The molecule has 0 bridgehead atoms. The highest BCUT2D eigenvalue weighted by atomic mass is 16.2. The molecule has 100 valence electrons. The van der Waals surface area contributed by atoms with Crippen molar-refractivity contribution in [2.24, 2.45) is 0 Å². The first kappa shape index (κ1) is 13.3. The van der Waals surface area contributed by atoms with Crippen molar-refractivity contribution in [1.29, 1.82) is 0 Å². The lowest BCUT2D eigenvalue weighted by Crippen LogP contribution is -2.53. The van der Waals surface area contributed by atoms with Gasteiger partial charge in [-0.2, -0.15) is 0 Å². The van der Waals surface area contributed by atoms with Crippen molar-refractivity contribution in [2.45, 2.75) is 6.42 Å². The number of carbonyl (C=O) groups excluding carboxylic acids is 3. The molecule has 1 heterocycles. The number of amides is 2. The zero-order valence-corrected chi connectivity index (χ0v) is 10.8. The minimum atomic E-state index is -0.519. The molecule has 2 amide bonds. The van der Waals surface area contributed by atoms with E-state index in [9.17, 15) is 14.4 Å². The van der Waals surface area contributed by atoms with Crippen LogP contribution in [0, 0.1) is 0 Å². The summed E-state index contributed by atoms with van der Waals surface area (Å²) in [5.41, 5.74) is 0.635. The summed E-state index contributed by atoms with van der Waals surface area (Å²) in [5, 5.41) is 0. The smallest absolute Gasteiger partial charge is 0.312 e. The van der Waals surface area contributed by atoms with Crippen LogP contribution in [0.25, 0.3) is 0 Å². The molecule has 0 atom stereocenters. The zero-order chi connectivity index (χ0) is 13.8. The third-order valence-electron chi connectivity index (χ3n) is 3.23. The monoisotopic (exact) mass is 260 g/mol. The summed E-state index contributed by atoms with van der Waals surface area (Å²) in [6.07, 6.45) is 0.243. The quantitative estimate of drug-likeness (QED) is 0.587. The van der Waals surface area contributed by atoms with Gasteiger partial charge in [0, 0.05) is 38.7 Å². The number of carbonyl (C=O) groups is 3. The number of hydrogen-bond donors (Lipinski definition) is 0. The molecule has 0 aliphatic carbocycles. The fourth-order valence-electron chi connectivity index (χ4n) is 1.99. The Morgan fingerprint density at radius 2 is 1.79 bits per heavy atom. The first-order valence-electron chi connectivity index (χ1n) is 6.22. The lowest BCUT2D eigenvalue weighted by atomic mass is 10.1. The Bertz CT molecular complexity index is 499. The zero-order valence-electron chi connectivity index (χ0n) is 10.8. The first-order chi connectivity index (χ1) is 9.09. The topological polar surface area (TPSA) is 57.7 Å². The lowest BCUT2D eigenvalue weighted by Gasteiger charge is -2.31. The second kappa shape index (κ2) is 5.65. The summed E-state index contributed by atoms with van der Waals surface area (Å²) < 4.78 is 0. The molecule has 0 N–H and O–H groups in total. The normalized spacial score (nSPS) is 15.8. The second-order valence-corrected chi connectivity index (χ2v) is 4.56. The molecular formula is C14H16N2O3. The minimum Gasteiger partial charge on any atom is -0.336 e. The average molecular weight is 260 g/mol. The number of ketones is 1. The van der Waals surface area contributed by atoms with Crippen molar-refractivity contribution in [3.63, 3.8) is 0 Å². The van der Waals surface area contributed by atoms with Crippen LogP contribution in [0.3, 0.4) is 0 Å². The summed E-state index contributed by atoms with van der Waals surface area (Å²) in [4.78, 5) is 38.0. The van der Waals surface area contributed by atoms with Gasteiger partial charge in [-0.3, -0.25) is 14.4 Å². The molecule has 0 spiro atoms. The molecule has 0 aromatic heterocycles. The van der Waals surface area contributed by atoms with Crippen molar-refractivity contribution in [2.75, 3.05) is 26.7 Å². The first-order valence-corrected chi connectivity index (χ1v) is 6.22. The van der Waals surface area contributed by atoms with Gasteiger partial charge in [-0.25, -0.2) is 0 Å². The molecule has 1 fully saturated rings. The van der Waals surface area contributed by atoms with Crippen LogP contribution in [0.2, 0.25) is 0 Å². The molecule has 0 radical (unpaired) electrons. The van der Waals surface area contributed by atoms with Gasteiger partial charge in [-0.15, -0.1) is 0 Å². The summed E-state index contributed by atoms with van der Waals surface area (Å²) >= 11 is 0. The highest BCUT2D eigenvalue weighted by molar-refractivity contribution is 6.35. The van der Waals surface area contributed by atoms with Crippen LogP contribution < -0.4 is 0 Å². The third kappa shape index (κ3) is 2.99. The van der Waals surface area contributed by atoms with Crippen molar-refractivity contribution in [3.8, 4) is 0 Å². The van der Waals surface area contributed by atoms with Crippen molar-refractivity contribution < 1.29 is 14.4 Å². The standard InChI is InChI=1S/C14H16N2O3/c1-15-9-10-16(14(19)13(15)18)8-7-12(17)11-5-3-2-4-6-11/h2-6H,7-10H2,1H3. The average Bonchev–Trinajstić information content (AvgIpc) is 2.45. The van der Waals surface area contributed by atoms with E-state index in [2.05, 4.69) is 0 Å². The predicted octanol–water partition coefficient (Wildman–Crippen LogP) is 0.560. The van der Waals surface area contributed by atoms with E-state index < -0.39 is 11.8 Å². The Morgan fingerprint density at radius 3 is 2.47 bits per heavy atom. The molecule has 19 heavy (non-hydrogen) atoms. The maximum atomic E-state index is 11.9. The van der Waals surface area contributed by atoms with E-state index >= 15 is 0 Å². The SMILES string of the molecule is CN1CCN(CCC(=O)c2ccccc2)C(=O)C1=O. The molecule has 1 saturated heterocycles. The predicted molar refractivity (Wildman–Crippen MR) is 69.6 cm³/mol. The molecule has 5 heteroatoms. The van der Waals surface area contributed by atoms with E-state index in [-0.39, 0.29) is 12.2 Å². The van der Waals surface area contributed by atoms with E-state index in [1.807, 2.05) is 6.07 Å². The summed E-state index contributed by atoms with van der Waals surface area (Å²) in [5.74, 6) is -1.03. The van der Waals surface area contributed by atoms with Crippen LogP contribution in [0.4, 0.5) is 0 Å². The van der Waals surface area contributed by atoms with Gasteiger partial charge in [-0.05, 0) is 0 Å². The van der Waals surface area contributed by atoms with E-state index in [0.29, 0.717) is 25.2 Å². The number of nitrogens with zero attached hydrogens (tertiary/aromatic N) is 2. The van der Waals surface area contributed by atoms with Crippen LogP contribution in [-0.2, 0) is 9.59 Å². The van der Waals surface area contributed by atoms with Gasteiger partial charge in [-0.1, -0.05) is 30.3 Å². The highest BCUT2D eigenvalue weighted by Gasteiger charge is 2.30. The van der Waals surface area contributed by atoms with Gasteiger partial charge in [0.15, 0.2) is 5.78 Å². The Labute approximate surface area is 111 Å². The van der Waals surface area contributed by atoms with E-state index in [1.165, 1.54) is 9.80 Å². The lowest BCUT2D eigenvalue weighted by molar-refractivity contribution is -0.154. The molecule has 0 unspecified atom stereocenters. The molecule has 0 saturated carbocycles. The van der Waals surface area contributed by atoms with Gasteiger partial charge >= 0.3 is 11.8 Å². The van der Waals surface area contributed by atoms with Crippen molar-refractivity contribution in [1.82, 2.24) is 9.80 Å². The van der Waals surface area contributed by atoms with Crippen LogP contribution >= 0.6 is 0 Å². The highest BCUT2D eigenvalue weighted by Crippen LogP contribution is 2.07. The molecule has 1 aliphatic rings. The van der Waals surface area contributed by atoms with Crippen LogP contribution in [0.15, 0.2) is 30.3 Å². The van der Waals surface area contributed by atoms with Crippen molar-refractivity contribution in [3.05, 3.63) is 35.9 Å².